The Kier molecular flexibility index (Phi) is 29.7. The molecule has 4 N–H and O–H groups in total. The van der Waals surface area contributed by atoms with E-state index in [9.17, 15) is 25.0 Å². The Balaban J connectivity index is 0.000000141. The van der Waals surface area contributed by atoms with Gasteiger partial charge in [-0.05, 0) is 53.1 Å². The third-order valence-corrected chi connectivity index (χ3v) is 45.9. The van der Waals surface area contributed by atoms with E-state index in [0.29, 0.717) is 34.7 Å². The maximum Gasteiger partial charge on any atom is 0 e. The molecule has 0 fully saturated rings. The molecular formula is C103H87GeN8Ni4O5PSeSi-4. The van der Waals surface area contributed by atoms with Gasteiger partial charge in [-0.3, -0.25) is 19.9 Å². The second-order valence-electron chi connectivity index (χ2n) is 30.5. The van der Waals surface area contributed by atoms with Gasteiger partial charge in [-0.25, -0.2) is 0 Å². The molecule has 3 aliphatic heterocycles. The van der Waals surface area contributed by atoms with E-state index in [1.54, 1.807) is 55.1 Å². The standard InChI is InChI=1S/C28H27GeN2O.C28H27N2OSi.C25H20N2O2P.C22H13N2OSe.4Ni/c1-3-16-29(17-4-2)22-11-8-13-26(32)27(22)28-23(29)14-15-25(31-28)21-10-7-9-20(19-21)24-12-5-6-18-30-24;1-3-17-32(18-4-2)25-13-8-12-24(31)27(25)28-26(32)15-14-23(30-28)21-10-7-9-20(19-21)22-11-5-6-16-29-22;1-2-15-30(29)22-11-6-10-21(28)24(22)25-23(30)13-12-20(27-25)18-8-5-7-17(16-18)19-9-3-4-14-26-19;25-18-8-4-9-19-21(18)22-20(26-19)11-10-17(24-22)15-6-3-5-14(13-15)16-7-1-2-12-23-16;;;;/h5-15,18,32H,3-4,16-17H2,1-2H3;5-16,31H,3-4,17-18H2,1-2H3;3-14,28H,2,15H2,1H3;1-12,25H;;;;/q4*-1;;;;. The molecule has 9 aromatic heterocycles. The van der Waals surface area contributed by atoms with E-state index in [-0.39, 0.29) is 86.2 Å². The molecular weight excluding hydrogens is 1870 g/mol. The average molecular weight is 1960 g/mol. The molecule has 0 saturated heterocycles. The van der Waals surface area contributed by atoms with Gasteiger partial charge in [-0.1, -0.05) is 129 Å². The van der Waals surface area contributed by atoms with Crippen LogP contribution in [0.4, 0.5) is 0 Å². The first-order valence-corrected chi connectivity index (χ1v) is 52.2. The van der Waals surface area contributed by atoms with Crippen molar-refractivity contribution in [1.29, 1.82) is 0 Å². The van der Waals surface area contributed by atoms with Gasteiger partial charge in [-0.2, -0.15) is 0 Å². The van der Waals surface area contributed by atoms with Gasteiger partial charge in [0, 0.05) is 123 Å². The number of aromatic hydroxyl groups is 4. The van der Waals surface area contributed by atoms with Crippen LogP contribution < -0.4 is 29.8 Å². The summed E-state index contributed by atoms with van der Waals surface area (Å²) in [7, 11) is -4.72. The summed E-state index contributed by atoms with van der Waals surface area (Å²) in [5.74, 6) is 1.14. The van der Waals surface area contributed by atoms with Crippen LogP contribution in [0, 0.1) is 24.3 Å². The van der Waals surface area contributed by atoms with E-state index in [1.807, 2.05) is 189 Å². The van der Waals surface area contributed by atoms with Crippen LogP contribution in [0.25, 0.3) is 143 Å². The summed E-state index contributed by atoms with van der Waals surface area (Å²) >= 11 is -2.39. The molecule has 1 atom stereocenters. The van der Waals surface area contributed by atoms with Crippen molar-refractivity contribution in [2.24, 2.45) is 0 Å². The third-order valence-electron chi connectivity index (χ3n) is 22.9. The van der Waals surface area contributed by atoms with Gasteiger partial charge in [0.1, 0.15) is 26.7 Å². The van der Waals surface area contributed by atoms with E-state index in [2.05, 4.69) is 126 Å². The van der Waals surface area contributed by atoms with Crippen molar-refractivity contribution in [2.75, 3.05) is 6.16 Å². The van der Waals surface area contributed by atoms with Crippen LogP contribution in [0.2, 0.25) is 22.6 Å². The SMILES string of the molecule is CCCP1(=O)c2ccc(-c3[c-]c(-c4ccccn4)ccc3)nc2-c2c(O)cccc21.CCC[Si]1(CCC)c2ccc(-c3[c-]c(-c4ccccn4)ccc3)nc2-c2c(O)cccc21.CC[CH2][Ge]1([CH2]CC)[c]2ccc(-c3[c-]c(-c4ccccn4)ccc3)nc2-c2c(O)ccc[c]21.Oc1cccc2[se]c3ccc(-c4[c-]c(-c5ccccn5)ccc4)nc3c12.[Ni].[Ni].[Ni].[Ni]. The molecule has 0 bridgehead atoms. The first-order valence-electron chi connectivity index (χ1n) is 41.2. The number of aromatic nitrogens is 8. The average Bonchev–Trinajstić information content (AvgIpc) is 1.56. The van der Waals surface area contributed by atoms with E-state index < -0.39 is 28.5 Å². The fourth-order valence-electron chi connectivity index (χ4n) is 17.9. The molecule has 1 unspecified atom stereocenters. The maximum atomic E-state index is 13.9. The minimum Gasteiger partial charge on any atom is 0 e. The monoisotopic (exact) mass is 1960 g/mol. The third kappa shape index (κ3) is 17.7. The van der Waals surface area contributed by atoms with Gasteiger partial charge >= 0.3 is 349 Å². The smallest absolute Gasteiger partial charge is 0 e. The Morgan fingerprint density at radius 2 is 0.742 bits per heavy atom. The van der Waals surface area contributed by atoms with Crippen LogP contribution in [0.3, 0.4) is 0 Å². The number of pyridine rings is 8. The van der Waals surface area contributed by atoms with Crippen molar-refractivity contribution < 1.29 is 91.0 Å². The van der Waals surface area contributed by atoms with Crippen molar-refractivity contribution in [3.8, 4) is 147 Å². The number of fused-ring (bicyclic) bond motifs is 12. The van der Waals surface area contributed by atoms with Gasteiger partial charge < -0.3 is 14.8 Å². The molecule has 0 radical (unpaired) electrons. The molecule has 21 heteroatoms. The Morgan fingerprint density at radius 3 is 1.23 bits per heavy atom. The van der Waals surface area contributed by atoms with Crippen LogP contribution in [0.5, 0.6) is 23.0 Å². The summed E-state index contributed by atoms with van der Waals surface area (Å²) in [6, 6.07) is 104. The number of hydrogen-bond acceptors (Lipinski definition) is 13. The fourth-order valence-corrected chi connectivity index (χ4v) is 40.3. The molecule has 0 saturated carbocycles. The van der Waals surface area contributed by atoms with E-state index in [1.165, 1.54) is 50.3 Å². The summed E-state index contributed by atoms with van der Waals surface area (Å²) < 4.78 is 19.1. The molecule has 0 aliphatic carbocycles. The molecule has 12 heterocycles. The largest absolute Gasteiger partial charge is 0 e. The predicted octanol–water partition coefficient (Wildman–Crippen LogP) is 21.1. The van der Waals surface area contributed by atoms with E-state index >= 15 is 0 Å². The van der Waals surface area contributed by atoms with Gasteiger partial charge in [-0.15, -0.1) is 48.5 Å². The number of hydrogen-bond donors (Lipinski definition) is 4. The van der Waals surface area contributed by atoms with E-state index in [0.717, 1.165) is 166 Å². The first-order chi connectivity index (χ1) is 58.8. The number of phenolic OH excluding ortho intramolecular Hbond substituents is 4. The molecule has 17 aromatic rings. The second kappa shape index (κ2) is 40.3. The van der Waals surface area contributed by atoms with Crippen LogP contribution in [-0.2, 0) is 70.5 Å². The molecule has 0 amide bonds. The zero-order valence-electron chi connectivity index (χ0n) is 68.7. The molecule has 124 heavy (non-hydrogen) atoms. The Labute approximate surface area is 774 Å². The van der Waals surface area contributed by atoms with Crippen molar-refractivity contribution in [3.63, 3.8) is 0 Å². The maximum absolute atomic E-state index is 13.9. The number of phenols is 4. The Hall–Kier alpha value is -10.4. The number of benzene rings is 8. The van der Waals surface area contributed by atoms with Gasteiger partial charge in [0.2, 0.25) is 0 Å². The van der Waals surface area contributed by atoms with Crippen molar-refractivity contribution in [1.82, 2.24) is 39.9 Å². The van der Waals surface area contributed by atoms with Crippen molar-refractivity contribution >= 4 is 92.2 Å². The summed E-state index contributed by atoms with van der Waals surface area (Å²) in [5, 5.41) is 50.1. The molecule has 3 aliphatic rings. The minimum atomic E-state index is -2.79. The van der Waals surface area contributed by atoms with Crippen LogP contribution in [0.15, 0.2) is 292 Å². The fraction of sp³-hybridized carbons (Fsp3) is 0.146. The molecule has 8 aromatic carbocycles. The predicted molar refractivity (Wildman–Crippen MR) is 494 cm³/mol. The van der Waals surface area contributed by atoms with E-state index in [4.69, 9.17) is 19.9 Å². The topological polar surface area (TPSA) is 201 Å². The van der Waals surface area contributed by atoms with Crippen LogP contribution >= 0.6 is 7.14 Å². The van der Waals surface area contributed by atoms with Crippen molar-refractivity contribution in [3.05, 3.63) is 316 Å². The van der Waals surface area contributed by atoms with Crippen molar-refractivity contribution in [2.45, 2.75) is 89.3 Å². The first kappa shape index (κ1) is 91.3. The summed E-state index contributed by atoms with van der Waals surface area (Å²) in [4.78, 5) is 37.7. The summed E-state index contributed by atoms with van der Waals surface area (Å²) in [6.07, 6.45) is 13.1. The summed E-state index contributed by atoms with van der Waals surface area (Å²) in [5.41, 5.74) is 20.3. The van der Waals surface area contributed by atoms with Gasteiger partial charge in [0.05, 0.1) is 17.0 Å². The quantitative estimate of drug-likeness (QED) is 0.0359. The zero-order valence-corrected chi connectivity index (χ0v) is 78.3. The zero-order chi connectivity index (χ0) is 82.5. The van der Waals surface area contributed by atoms with Gasteiger partial charge in [0.25, 0.3) is 0 Å². The Bertz CT molecular complexity index is 6510. The van der Waals surface area contributed by atoms with Gasteiger partial charge in [0.15, 0.2) is 0 Å². The van der Waals surface area contributed by atoms with Crippen LogP contribution in [0.1, 0.15) is 66.7 Å². The summed E-state index contributed by atoms with van der Waals surface area (Å²) in [6.45, 7) is 11.1. The Morgan fingerprint density at radius 1 is 0.331 bits per heavy atom. The normalized spacial score (nSPS) is 13.4. The molecule has 0 spiro atoms. The molecule has 632 valence electrons. The second-order valence-corrected chi connectivity index (χ2v) is 48.8. The van der Waals surface area contributed by atoms with Crippen LogP contribution in [-0.4, -0.2) is 102 Å². The molecule has 20 rings (SSSR count). The molecule has 13 nitrogen and oxygen atoms in total. The minimum absolute atomic E-state index is 0. The number of nitrogens with zero attached hydrogens (tertiary/aromatic N) is 8. The number of rotatable bonds is 18.